The average molecular weight is 265 g/mol. The van der Waals surface area contributed by atoms with Gasteiger partial charge >= 0.3 is 5.97 Å². The molecule has 20 heavy (non-hydrogen) atoms. The number of rotatable bonds is 4. The van der Waals surface area contributed by atoms with Crippen LogP contribution in [0.4, 0.5) is 0 Å². The van der Waals surface area contributed by atoms with Crippen molar-refractivity contribution in [1.82, 2.24) is 4.98 Å². The van der Waals surface area contributed by atoms with Crippen LogP contribution in [0.2, 0.25) is 0 Å². The quantitative estimate of drug-likeness (QED) is 0.865. The SMILES string of the molecule is O=C(O)C#CCCc1ccc(Cc2cccnc2)cc1. The highest BCUT2D eigenvalue weighted by Gasteiger charge is 1.97. The van der Waals surface area contributed by atoms with Gasteiger partial charge in [0.15, 0.2) is 0 Å². The smallest absolute Gasteiger partial charge is 0.381 e. The molecule has 0 fully saturated rings. The molecule has 0 spiro atoms. The van der Waals surface area contributed by atoms with Gasteiger partial charge in [0, 0.05) is 24.7 Å². The van der Waals surface area contributed by atoms with Crippen molar-refractivity contribution in [2.24, 2.45) is 0 Å². The van der Waals surface area contributed by atoms with E-state index >= 15 is 0 Å². The maximum absolute atomic E-state index is 10.3. The molecule has 1 N–H and O–H groups in total. The molecule has 100 valence electrons. The number of aromatic nitrogens is 1. The number of nitrogens with zero attached hydrogens (tertiary/aromatic N) is 1. The van der Waals surface area contributed by atoms with Crippen molar-refractivity contribution in [2.75, 3.05) is 0 Å². The van der Waals surface area contributed by atoms with E-state index in [0.29, 0.717) is 6.42 Å². The van der Waals surface area contributed by atoms with Crippen LogP contribution in [0.1, 0.15) is 23.1 Å². The first-order valence-corrected chi connectivity index (χ1v) is 6.42. The first-order valence-electron chi connectivity index (χ1n) is 6.42. The second kappa shape index (κ2) is 7.10. The maximum atomic E-state index is 10.3. The second-order valence-corrected chi connectivity index (χ2v) is 4.46. The Balaban J connectivity index is 1.90. The van der Waals surface area contributed by atoms with Crippen LogP contribution in [-0.4, -0.2) is 16.1 Å². The van der Waals surface area contributed by atoms with Crippen LogP contribution in [0.3, 0.4) is 0 Å². The van der Waals surface area contributed by atoms with Crippen molar-refractivity contribution in [3.63, 3.8) is 0 Å². The van der Waals surface area contributed by atoms with Gasteiger partial charge in [0.05, 0.1) is 0 Å². The third-order valence-corrected chi connectivity index (χ3v) is 2.89. The lowest BCUT2D eigenvalue weighted by Crippen LogP contribution is -1.91. The highest BCUT2D eigenvalue weighted by atomic mass is 16.4. The summed E-state index contributed by atoms with van der Waals surface area (Å²) in [6.45, 7) is 0. The fourth-order valence-electron chi connectivity index (χ4n) is 1.91. The minimum atomic E-state index is -1.07. The zero-order chi connectivity index (χ0) is 14.2. The zero-order valence-electron chi connectivity index (χ0n) is 11.0. The molecule has 0 atom stereocenters. The van der Waals surface area contributed by atoms with E-state index in [2.05, 4.69) is 47.2 Å². The van der Waals surface area contributed by atoms with Crippen LogP contribution in [0.15, 0.2) is 48.8 Å². The Morgan fingerprint density at radius 3 is 2.50 bits per heavy atom. The summed E-state index contributed by atoms with van der Waals surface area (Å²) in [4.78, 5) is 14.3. The van der Waals surface area contributed by atoms with Crippen LogP contribution >= 0.6 is 0 Å². The van der Waals surface area contributed by atoms with E-state index in [1.54, 1.807) is 6.20 Å². The maximum Gasteiger partial charge on any atom is 0.381 e. The van der Waals surface area contributed by atoms with Gasteiger partial charge in [-0.2, -0.15) is 0 Å². The second-order valence-electron chi connectivity index (χ2n) is 4.46. The van der Waals surface area contributed by atoms with Crippen molar-refractivity contribution in [3.05, 3.63) is 65.5 Å². The van der Waals surface area contributed by atoms with E-state index in [0.717, 1.165) is 12.8 Å². The first-order chi connectivity index (χ1) is 9.74. The van der Waals surface area contributed by atoms with E-state index in [-0.39, 0.29) is 0 Å². The normalized spacial score (nSPS) is 9.60. The summed E-state index contributed by atoms with van der Waals surface area (Å²) in [5.74, 6) is 3.68. The molecule has 0 unspecified atom stereocenters. The van der Waals surface area contributed by atoms with Gasteiger partial charge in [0.1, 0.15) is 0 Å². The fraction of sp³-hybridized carbons (Fsp3) is 0.176. The Labute approximate surface area is 118 Å². The van der Waals surface area contributed by atoms with Crippen LogP contribution in [0, 0.1) is 11.8 Å². The molecule has 0 aliphatic carbocycles. The molecule has 2 aromatic rings. The lowest BCUT2D eigenvalue weighted by Gasteiger charge is -2.03. The molecular weight excluding hydrogens is 250 g/mol. The van der Waals surface area contributed by atoms with Crippen molar-refractivity contribution >= 4 is 5.97 Å². The number of carboxylic acid groups (broad SMARTS) is 1. The summed E-state index contributed by atoms with van der Waals surface area (Å²) in [7, 11) is 0. The Morgan fingerprint density at radius 2 is 1.85 bits per heavy atom. The van der Waals surface area contributed by atoms with Crippen LogP contribution in [-0.2, 0) is 17.6 Å². The van der Waals surface area contributed by atoms with E-state index in [1.807, 2.05) is 12.3 Å². The molecule has 1 aromatic carbocycles. The van der Waals surface area contributed by atoms with Gasteiger partial charge in [-0.05, 0) is 35.6 Å². The van der Waals surface area contributed by atoms with Gasteiger partial charge in [0.25, 0.3) is 0 Å². The van der Waals surface area contributed by atoms with E-state index < -0.39 is 5.97 Å². The number of hydrogen-bond acceptors (Lipinski definition) is 2. The lowest BCUT2D eigenvalue weighted by molar-refractivity contribution is -0.130. The first kappa shape index (κ1) is 13.8. The lowest BCUT2D eigenvalue weighted by atomic mass is 10.0. The fourth-order valence-corrected chi connectivity index (χ4v) is 1.91. The number of carbonyl (C=O) groups is 1. The molecule has 2 rings (SSSR count). The Morgan fingerprint density at radius 1 is 1.10 bits per heavy atom. The molecule has 0 aliphatic heterocycles. The van der Waals surface area contributed by atoms with Crippen molar-refractivity contribution in [2.45, 2.75) is 19.3 Å². The number of pyridine rings is 1. The Bertz CT molecular complexity index is 622. The van der Waals surface area contributed by atoms with E-state index in [1.165, 1.54) is 16.7 Å². The summed E-state index contributed by atoms with van der Waals surface area (Å²) in [5, 5.41) is 8.41. The third-order valence-electron chi connectivity index (χ3n) is 2.89. The molecule has 1 aromatic heterocycles. The predicted octanol–water partition coefficient (Wildman–Crippen LogP) is 2.69. The van der Waals surface area contributed by atoms with Crippen LogP contribution in [0.5, 0.6) is 0 Å². The van der Waals surface area contributed by atoms with Gasteiger partial charge in [0.2, 0.25) is 0 Å². The molecular formula is C17H15NO2. The summed E-state index contributed by atoms with van der Waals surface area (Å²) in [6, 6.07) is 12.3. The number of aryl methyl sites for hydroxylation is 1. The summed E-state index contributed by atoms with van der Waals surface area (Å²) in [6.07, 6.45) is 5.84. The molecule has 0 amide bonds. The van der Waals surface area contributed by atoms with E-state index in [9.17, 15) is 4.79 Å². The van der Waals surface area contributed by atoms with Gasteiger partial charge in [-0.15, -0.1) is 0 Å². The number of hydrogen-bond donors (Lipinski definition) is 1. The van der Waals surface area contributed by atoms with Crippen molar-refractivity contribution in [1.29, 1.82) is 0 Å². The molecule has 0 aliphatic rings. The van der Waals surface area contributed by atoms with Crippen molar-refractivity contribution in [3.8, 4) is 11.8 Å². The number of carboxylic acids is 1. The highest BCUT2D eigenvalue weighted by molar-refractivity contribution is 5.86. The van der Waals surface area contributed by atoms with Crippen LogP contribution < -0.4 is 0 Å². The van der Waals surface area contributed by atoms with Gasteiger partial charge in [-0.3, -0.25) is 4.98 Å². The van der Waals surface area contributed by atoms with Crippen LogP contribution in [0.25, 0.3) is 0 Å². The van der Waals surface area contributed by atoms with Crippen molar-refractivity contribution < 1.29 is 9.90 Å². The highest BCUT2D eigenvalue weighted by Crippen LogP contribution is 2.11. The number of aliphatic carboxylic acids is 1. The Hall–Kier alpha value is -2.60. The van der Waals surface area contributed by atoms with Gasteiger partial charge in [-0.25, -0.2) is 4.79 Å². The molecule has 3 nitrogen and oxygen atoms in total. The van der Waals surface area contributed by atoms with E-state index in [4.69, 9.17) is 5.11 Å². The largest absolute Gasteiger partial charge is 0.472 e. The predicted molar refractivity (Wildman–Crippen MR) is 77.2 cm³/mol. The summed E-state index contributed by atoms with van der Waals surface area (Å²) >= 11 is 0. The monoisotopic (exact) mass is 265 g/mol. The minimum absolute atomic E-state index is 0.564. The molecule has 3 heteroatoms. The number of benzene rings is 1. The Kier molecular flexibility index (Phi) is 4.91. The third kappa shape index (κ3) is 4.58. The standard InChI is InChI=1S/C17H15NO2/c19-17(20)6-2-1-4-14-7-9-15(10-8-14)12-16-5-3-11-18-13-16/h3,5,7-11,13H,1,4,12H2,(H,19,20). The topological polar surface area (TPSA) is 50.2 Å². The minimum Gasteiger partial charge on any atom is -0.472 e. The summed E-state index contributed by atoms with van der Waals surface area (Å²) in [5.41, 5.74) is 3.59. The molecule has 0 radical (unpaired) electrons. The summed E-state index contributed by atoms with van der Waals surface area (Å²) < 4.78 is 0. The zero-order valence-corrected chi connectivity index (χ0v) is 11.0. The van der Waals surface area contributed by atoms with Gasteiger partial charge < -0.3 is 5.11 Å². The van der Waals surface area contributed by atoms with Gasteiger partial charge in [-0.1, -0.05) is 36.3 Å². The molecule has 0 bridgehead atoms. The average Bonchev–Trinajstić information content (AvgIpc) is 2.46. The molecule has 0 saturated carbocycles. The molecule has 1 heterocycles. The molecule has 0 saturated heterocycles.